The van der Waals surface area contributed by atoms with Crippen molar-refractivity contribution < 1.29 is 40.3 Å². The van der Waals surface area contributed by atoms with Crippen molar-refractivity contribution in [2.75, 3.05) is 44.8 Å². The summed E-state index contributed by atoms with van der Waals surface area (Å²) in [4.78, 5) is 31.0. The van der Waals surface area contributed by atoms with Crippen LogP contribution in [-0.2, 0) is 24.1 Å². The number of carbonyl (C=O) groups is 1. The standard InChI is InChI=1S/C28H37F6N7O4Si/c1-19(37-22-15-36-41(18-44-11-12-46(2,3)4)26(43)24(22)28(32,33)34)13-21-5-6-23(45-21)25(42)38-7-9-39(10-8-38)40-16-20(14-35-17-40)27(29,30)31/h5-6,14-16,19,37H,7-13,17-18H2,1-4H3. The van der Waals surface area contributed by atoms with E-state index in [4.69, 9.17) is 9.15 Å². The molecule has 0 bridgehead atoms. The number of hydrazine groups is 1. The van der Waals surface area contributed by atoms with E-state index in [0.717, 1.165) is 24.7 Å². The molecule has 46 heavy (non-hydrogen) atoms. The summed E-state index contributed by atoms with van der Waals surface area (Å²) in [6.45, 7) is 8.92. The van der Waals surface area contributed by atoms with Gasteiger partial charge < -0.3 is 19.4 Å². The predicted octanol–water partition coefficient (Wildman–Crippen LogP) is 4.67. The summed E-state index contributed by atoms with van der Waals surface area (Å²) in [5, 5.41) is 9.60. The van der Waals surface area contributed by atoms with Crippen LogP contribution in [0.25, 0.3) is 0 Å². The zero-order chi connectivity index (χ0) is 33.9. The molecule has 1 amide bonds. The van der Waals surface area contributed by atoms with E-state index in [-0.39, 0.29) is 45.0 Å². The Morgan fingerprint density at radius 2 is 1.78 bits per heavy atom. The Bertz CT molecular complexity index is 1490. The molecule has 4 rings (SSSR count). The Morgan fingerprint density at radius 1 is 1.09 bits per heavy atom. The number of nitrogens with one attached hydrogen (secondary N) is 1. The van der Waals surface area contributed by atoms with Gasteiger partial charge in [-0.05, 0) is 25.1 Å². The highest BCUT2D eigenvalue weighted by atomic mass is 28.3. The first-order valence-corrected chi connectivity index (χ1v) is 18.3. The molecule has 1 atom stereocenters. The maximum Gasteiger partial charge on any atom is 0.423 e. The second-order valence-corrected chi connectivity index (χ2v) is 17.9. The van der Waals surface area contributed by atoms with Crippen molar-refractivity contribution in [1.29, 1.82) is 0 Å². The number of carbonyl (C=O) groups excluding carboxylic acids is 1. The third-order valence-electron chi connectivity index (χ3n) is 7.30. The molecule has 0 radical (unpaired) electrons. The molecular formula is C28H37F6N7O4Si. The van der Waals surface area contributed by atoms with Crippen LogP contribution in [0.2, 0.25) is 25.7 Å². The first-order chi connectivity index (χ1) is 21.4. The highest BCUT2D eigenvalue weighted by molar-refractivity contribution is 6.76. The maximum absolute atomic E-state index is 13.9. The van der Waals surface area contributed by atoms with Crippen LogP contribution in [0.1, 0.15) is 28.8 Å². The van der Waals surface area contributed by atoms with Crippen LogP contribution in [0.4, 0.5) is 32.0 Å². The number of amides is 1. The number of ether oxygens (including phenoxy) is 1. The third kappa shape index (κ3) is 9.22. The van der Waals surface area contributed by atoms with E-state index in [2.05, 4.69) is 35.0 Å². The number of allylic oxidation sites excluding steroid dienone is 1. The van der Waals surface area contributed by atoms with Crippen molar-refractivity contribution in [1.82, 2.24) is 24.7 Å². The molecule has 2 aromatic rings. The van der Waals surface area contributed by atoms with Crippen molar-refractivity contribution in [2.45, 2.75) is 64.2 Å². The van der Waals surface area contributed by atoms with Gasteiger partial charge in [0.15, 0.2) is 5.76 Å². The van der Waals surface area contributed by atoms with E-state index in [1.165, 1.54) is 22.0 Å². The van der Waals surface area contributed by atoms with Gasteiger partial charge in [0.2, 0.25) is 0 Å². The Morgan fingerprint density at radius 3 is 2.41 bits per heavy atom. The molecule has 0 aliphatic carbocycles. The molecule has 2 aromatic heterocycles. The molecule has 2 aliphatic rings. The van der Waals surface area contributed by atoms with E-state index in [1.54, 1.807) is 11.9 Å². The Hall–Kier alpha value is -3.64. The Kier molecular flexibility index (Phi) is 10.7. The Labute approximate surface area is 262 Å². The zero-order valence-corrected chi connectivity index (χ0v) is 26.9. The number of aliphatic imine (C=N–C) groups is 1. The van der Waals surface area contributed by atoms with Crippen LogP contribution >= 0.6 is 0 Å². The van der Waals surface area contributed by atoms with E-state index < -0.39 is 61.5 Å². The quantitative estimate of drug-likeness (QED) is 0.208. The van der Waals surface area contributed by atoms with Crippen LogP contribution < -0.4 is 10.9 Å². The monoisotopic (exact) mass is 677 g/mol. The highest BCUT2D eigenvalue weighted by Crippen LogP contribution is 2.32. The lowest BCUT2D eigenvalue weighted by atomic mass is 10.1. The minimum Gasteiger partial charge on any atom is -0.456 e. The number of rotatable bonds is 11. The third-order valence-corrected chi connectivity index (χ3v) is 9.00. The molecule has 11 nitrogen and oxygen atoms in total. The average Bonchev–Trinajstić information content (AvgIpc) is 3.42. The topological polar surface area (TPSA) is 108 Å². The number of nitrogens with zero attached hydrogens (tertiary/aromatic N) is 6. The second-order valence-electron chi connectivity index (χ2n) is 12.3. The molecule has 254 valence electrons. The SMILES string of the molecule is CC(Cc1ccc(C(=O)N2CCN(N3C=C(C(F)(F)F)C=NC3)CC2)o1)Nc1cnn(COCC[Si](C)(C)C)c(=O)c1C(F)(F)F. The summed E-state index contributed by atoms with van der Waals surface area (Å²) in [7, 11) is -1.43. The first kappa shape index (κ1) is 35.2. The molecule has 0 spiro atoms. The van der Waals surface area contributed by atoms with Gasteiger partial charge in [0, 0.05) is 65.7 Å². The van der Waals surface area contributed by atoms with Gasteiger partial charge in [0.1, 0.15) is 24.7 Å². The molecule has 0 aromatic carbocycles. The number of hydrogen-bond donors (Lipinski definition) is 1. The van der Waals surface area contributed by atoms with Crippen molar-refractivity contribution in [3.63, 3.8) is 0 Å². The minimum atomic E-state index is -4.95. The summed E-state index contributed by atoms with van der Waals surface area (Å²) in [5.74, 6) is -0.0792. The minimum absolute atomic E-state index is 0.0202. The molecule has 1 N–H and O–H groups in total. The highest BCUT2D eigenvalue weighted by Gasteiger charge is 2.39. The van der Waals surface area contributed by atoms with Crippen LogP contribution in [0.5, 0.6) is 0 Å². The normalized spacial score (nSPS) is 17.3. The number of halogens is 6. The second kappa shape index (κ2) is 14.0. The number of furan rings is 1. The fraction of sp³-hybridized carbons (Fsp3) is 0.571. The summed E-state index contributed by atoms with van der Waals surface area (Å²) in [5.41, 5.74) is -4.06. The molecule has 1 saturated heterocycles. The molecule has 4 heterocycles. The molecule has 1 unspecified atom stereocenters. The van der Waals surface area contributed by atoms with Crippen LogP contribution in [0, 0.1) is 0 Å². The van der Waals surface area contributed by atoms with Crippen LogP contribution in [0.3, 0.4) is 0 Å². The van der Waals surface area contributed by atoms with Gasteiger partial charge in [-0.1, -0.05) is 19.6 Å². The van der Waals surface area contributed by atoms with Gasteiger partial charge >= 0.3 is 12.4 Å². The molecule has 18 heteroatoms. The lowest BCUT2D eigenvalue weighted by Gasteiger charge is -2.40. The van der Waals surface area contributed by atoms with Crippen LogP contribution in [-0.4, -0.2) is 96.6 Å². The summed E-state index contributed by atoms with van der Waals surface area (Å²) < 4.78 is 92.7. The lowest BCUT2D eigenvalue weighted by molar-refractivity contribution is -0.138. The maximum atomic E-state index is 13.9. The fourth-order valence-electron chi connectivity index (χ4n) is 4.80. The molecule has 1 fully saturated rings. The van der Waals surface area contributed by atoms with Crippen molar-refractivity contribution in [3.05, 3.63) is 57.5 Å². The summed E-state index contributed by atoms with van der Waals surface area (Å²) >= 11 is 0. The van der Waals surface area contributed by atoms with Gasteiger partial charge in [-0.2, -0.15) is 31.4 Å². The van der Waals surface area contributed by atoms with Gasteiger partial charge in [-0.15, -0.1) is 0 Å². The van der Waals surface area contributed by atoms with Gasteiger partial charge in [0.25, 0.3) is 11.5 Å². The Balaban J connectivity index is 1.34. The fourth-order valence-corrected chi connectivity index (χ4v) is 5.56. The number of hydrogen-bond acceptors (Lipinski definition) is 9. The van der Waals surface area contributed by atoms with Gasteiger partial charge in [0.05, 0.1) is 17.5 Å². The largest absolute Gasteiger partial charge is 0.456 e. The van der Waals surface area contributed by atoms with E-state index in [1.807, 2.05) is 0 Å². The molecule has 0 saturated carbocycles. The number of piperazine rings is 1. The smallest absolute Gasteiger partial charge is 0.423 e. The van der Waals surface area contributed by atoms with E-state index in [0.29, 0.717) is 17.0 Å². The lowest BCUT2D eigenvalue weighted by Crippen LogP contribution is -2.54. The van der Waals surface area contributed by atoms with E-state index in [9.17, 15) is 35.9 Å². The average molecular weight is 678 g/mol. The van der Waals surface area contributed by atoms with Crippen molar-refractivity contribution in [2.24, 2.45) is 4.99 Å². The zero-order valence-electron chi connectivity index (χ0n) is 25.9. The predicted molar refractivity (Wildman–Crippen MR) is 160 cm³/mol. The first-order valence-electron chi connectivity index (χ1n) is 14.6. The van der Waals surface area contributed by atoms with Crippen molar-refractivity contribution >= 4 is 25.9 Å². The number of aromatic nitrogens is 2. The number of alkyl halides is 6. The van der Waals surface area contributed by atoms with Gasteiger partial charge in [-0.3, -0.25) is 19.6 Å². The van der Waals surface area contributed by atoms with Crippen molar-refractivity contribution in [3.8, 4) is 0 Å². The van der Waals surface area contributed by atoms with Gasteiger partial charge in [-0.25, -0.2) is 9.69 Å². The molecular weight excluding hydrogens is 640 g/mol. The number of anilines is 1. The molecule has 2 aliphatic heterocycles. The van der Waals surface area contributed by atoms with Crippen LogP contribution in [0.15, 0.2) is 44.3 Å². The summed E-state index contributed by atoms with van der Waals surface area (Å²) in [6, 6.07) is 3.13. The van der Waals surface area contributed by atoms with E-state index >= 15 is 0 Å². The summed E-state index contributed by atoms with van der Waals surface area (Å²) in [6.07, 6.45) is -6.67.